The summed E-state index contributed by atoms with van der Waals surface area (Å²) in [6.07, 6.45) is 0.522. The van der Waals surface area contributed by atoms with Crippen LogP contribution in [-0.2, 0) is 11.3 Å². The number of rotatable bonds is 9. The quantitative estimate of drug-likeness (QED) is 0.362. The lowest BCUT2D eigenvalue weighted by Crippen LogP contribution is -2.30. The van der Waals surface area contributed by atoms with Gasteiger partial charge in [0.05, 0.1) is 24.9 Å². The Morgan fingerprint density at radius 3 is 2.26 bits per heavy atom. The van der Waals surface area contributed by atoms with Crippen molar-refractivity contribution in [3.63, 3.8) is 0 Å². The van der Waals surface area contributed by atoms with Gasteiger partial charge in [0.25, 0.3) is 0 Å². The third kappa shape index (κ3) is 5.50. The van der Waals surface area contributed by atoms with Crippen molar-refractivity contribution < 1.29 is 14.6 Å². The summed E-state index contributed by atoms with van der Waals surface area (Å²) in [5, 5.41) is 10.8. The lowest BCUT2D eigenvalue weighted by molar-refractivity contribution is -0.00114. The second-order valence-corrected chi connectivity index (χ2v) is 8.78. The van der Waals surface area contributed by atoms with E-state index in [-0.39, 0.29) is 30.7 Å². The molecule has 0 saturated carbocycles. The lowest BCUT2D eigenvalue weighted by atomic mass is 9.97. The molecule has 1 heterocycles. The van der Waals surface area contributed by atoms with Gasteiger partial charge in [-0.1, -0.05) is 54.6 Å². The molecule has 3 aromatic carbocycles. The van der Waals surface area contributed by atoms with Crippen molar-refractivity contribution in [2.24, 2.45) is 0 Å². The summed E-state index contributed by atoms with van der Waals surface area (Å²) in [5.41, 5.74) is 4.90. The van der Waals surface area contributed by atoms with Crippen molar-refractivity contribution in [3.8, 4) is 5.69 Å². The molecule has 2 unspecified atom stereocenters. The highest BCUT2D eigenvalue weighted by molar-refractivity contribution is 5.94. The van der Waals surface area contributed by atoms with Crippen LogP contribution < -0.4 is 5.69 Å². The highest BCUT2D eigenvalue weighted by atomic mass is 16.5. The van der Waals surface area contributed by atoms with Gasteiger partial charge in [0.15, 0.2) is 5.78 Å². The van der Waals surface area contributed by atoms with Crippen LogP contribution in [0.15, 0.2) is 89.9 Å². The number of hydrogen-bond acceptors (Lipinski definition) is 4. The fraction of sp³-hybridized carbons (Fsp3) is 0.241. The van der Waals surface area contributed by atoms with E-state index in [2.05, 4.69) is 0 Å². The Hall–Kier alpha value is -3.74. The van der Waals surface area contributed by atoms with E-state index in [1.807, 2.05) is 68.4 Å². The molecule has 6 heteroatoms. The lowest BCUT2D eigenvalue weighted by Gasteiger charge is -2.22. The van der Waals surface area contributed by atoms with Crippen molar-refractivity contribution in [2.45, 2.75) is 39.5 Å². The molecule has 0 amide bonds. The molecular formula is C29H30N2O4. The Labute approximate surface area is 205 Å². The van der Waals surface area contributed by atoms with Gasteiger partial charge in [-0.3, -0.25) is 13.9 Å². The van der Waals surface area contributed by atoms with Crippen LogP contribution in [0.25, 0.3) is 5.69 Å². The number of Topliss-reactive ketones (excluding diaryl/α,β-unsaturated/α-hetero) is 1. The monoisotopic (exact) mass is 470 g/mol. The number of benzene rings is 3. The first kappa shape index (κ1) is 24.4. The minimum Gasteiger partial charge on any atom is -0.389 e. The fourth-order valence-electron chi connectivity index (χ4n) is 4.27. The highest BCUT2D eigenvalue weighted by Gasteiger charge is 2.20. The first-order valence-electron chi connectivity index (χ1n) is 11.7. The molecule has 1 aromatic heterocycles. The summed E-state index contributed by atoms with van der Waals surface area (Å²) in [7, 11) is 0. The number of imidazole rings is 1. The number of aromatic nitrogens is 2. The summed E-state index contributed by atoms with van der Waals surface area (Å²) in [6, 6.07) is 24.9. The van der Waals surface area contributed by atoms with E-state index >= 15 is 0 Å². The zero-order valence-electron chi connectivity index (χ0n) is 20.2. The van der Waals surface area contributed by atoms with Gasteiger partial charge in [0, 0.05) is 17.5 Å². The van der Waals surface area contributed by atoms with Gasteiger partial charge in [-0.25, -0.2) is 4.79 Å². The number of hydrogen-bond donors (Lipinski definition) is 1. The van der Waals surface area contributed by atoms with E-state index in [1.54, 1.807) is 35.0 Å². The molecule has 0 spiro atoms. The highest BCUT2D eigenvalue weighted by Crippen LogP contribution is 2.28. The van der Waals surface area contributed by atoms with Crippen LogP contribution in [0.1, 0.15) is 45.8 Å². The molecular weight excluding hydrogens is 440 g/mol. The molecule has 2 atom stereocenters. The first-order chi connectivity index (χ1) is 16.8. The van der Waals surface area contributed by atoms with Gasteiger partial charge in [0.2, 0.25) is 0 Å². The van der Waals surface area contributed by atoms with Gasteiger partial charge in [-0.15, -0.1) is 0 Å². The minimum atomic E-state index is -0.877. The van der Waals surface area contributed by atoms with Crippen molar-refractivity contribution in [1.82, 2.24) is 9.13 Å². The van der Waals surface area contributed by atoms with Crippen molar-refractivity contribution in [2.75, 3.05) is 6.61 Å². The summed E-state index contributed by atoms with van der Waals surface area (Å²) in [4.78, 5) is 24.6. The number of ketones is 1. The number of nitrogens with zero attached hydrogens (tertiary/aromatic N) is 2. The standard InChI is InChI=1S/C29H30N2O4/c1-20-9-7-8-12-27(20)28(24-10-5-4-6-11-24)35-19-26(33)18-30-17-21(2)31(29(30)34)25-15-13-23(14-16-25)22(3)32/h4-17,26,28,33H,18-19H2,1-3H3. The van der Waals surface area contributed by atoms with Crippen LogP contribution in [0.3, 0.4) is 0 Å². The van der Waals surface area contributed by atoms with Crippen LogP contribution in [0.5, 0.6) is 0 Å². The molecule has 0 aliphatic rings. The van der Waals surface area contributed by atoms with E-state index in [0.29, 0.717) is 11.3 Å². The zero-order chi connectivity index (χ0) is 24.9. The average Bonchev–Trinajstić information content (AvgIpc) is 3.13. The second-order valence-electron chi connectivity index (χ2n) is 8.78. The molecule has 0 fully saturated rings. The molecule has 0 bridgehead atoms. The molecule has 0 radical (unpaired) electrons. The van der Waals surface area contributed by atoms with Gasteiger partial charge in [-0.05, 0) is 61.7 Å². The number of aliphatic hydroxyl groups is 1. The Morgan fingerprint density at radius 2 is 1.60 bits per heavy atom. The molecule has 1 N–H and O–H groups in total. The molecule has 180 valence electrons. The summed E-state index contributed by atoms with van der Waals surface area (Å²) >= 11 is 0. The number of carbonyl (C=O) groups is 1. The van der Waals surface area contributed by atoms with Gasteiger partial charge in [0.1, 0.15) is 6.10 Å². The number of aliphatic hydroxyl groups excluding tert-OH is 1. The van der Waals surface area contributed by atoms with Gasteiger partial charge >= 0.3 is 5.69 Å². The maximum absolute atomic E-state index is 13.1. The van der Waals surface area contributed by atoms with Crippen LogP contribution >= 0.6 is 0 Å². The largest absolute Gasteiger partial charge is 0.389 e. The third-order valence-electron chi connectivity index (χ3n) is 6.10. The van der Waals surface area contributed by atoms with Crippen LogP contribution in [0, 0.1) is 13.8 Å². The molecule has 0 saturated heterocycles. The first-order valence-corrected chi connectivity index (χ1v) is 11.7. The number of carbonyl (C=O) groups excluding carboxylic acids is 1. The van der Waals surface area contributed by atoms with E-state index in [0.717, 1.165) is 22.4 Å². The SMILES string of the molecule is CC(=O)c1ccc(-n2c(C)cn(CC(O)COC(c3ccccc3)c3ccccc3C)c2=O)cc1. The minimum absolute atomic E-state index is 0.0270. The van der Waals surface area contributed by atoms with Gasteiger partial charge < -0.3 is 9.84 Å². The smallest absolute Gasteiger partial charge is 0.333 e. The maximum Gasteiger partial charge on any atom is 0.333 e. The third-order valence-corrected chi connectivity index (χ3v) is 6.10. The predicted octanol–water partition coefficient (Wildman–Crippen LogP) is 4.63. The zero-order valence-corrected chi connectivity index (χ0v) is 20.2. The molecule has 4 aromatic rings. The second kappa shape index (κ2) is 10.7. The summed E-state index contributed by atoms with van der Waals surface area (Å²) in [6.45, 7) is 5.56. The molecule has 0 aliphatic carbocycles. The Morgan fingerprint density at radius 1 is 0.943 bits per heavy atom. The van der Waals surface area contributed by atoms with E-state index in [4.69, 9.17) is 4.74 Å². The average molecular weight is 471 g/mol. The normalized spacial score (nSPS) is 12.9. The molecule has 6 nitrogen and oxygen atoms in total. The molecule has 4 rings (SSSR count). The number of ether oxygens (including phenoxy) is 1. The Bertz CT molecular complexity index is 1350. The van der Waals surface area contributed by atoms with E-state index in [9.17, 15) is 14.7 Å². The predicted molar refractivity (Wildman–Crippen MR) is 136 cm³/mol. The molecule has 0 aliphatic heterocycles. The Balaban J connectivity index is 1.50. The van der Waals surface area contributed by atoms with Crippen LogP contribution in [-0.4, -0.2) is 32.7 Å². The van der Waals surface area contributed by atoms with Crippen LogP contribution in [0.4, 0.5) is 0 Å². The maximum atomic E-state index is 13.1. The van der Waals surface area contributed by atoms with Gasteiger partial charge in [-0.2, -0.15) is 0 Å². The van der Waals surface area contributed by atoms with Crippen molar-refractivity contribution >= 4 is 5.78 Å². The van der Waals surface area contributed by atoms with E-state index < -0.39 is 6.10 Å². The topological polar surface area (TPSA) is 73.5 Å². The van der Waals surface area contributed by atoms with Crippen molar-refractivity contribution in [1.29, 1.82) is 0 Å². The number of aryl methyl sites for hydroxylation is 2. The Kier molecular flexibility index (Phi) is 7.44. The van der Waals surface area contributed by atoms with Crippen LogP contribution in [0.2, 0.25) is 0 Å². The summed E-state index contributed by atoms with van der Waals surface area (Å²) in [5.74, 6) is -0.0270. The summed E-state index contributed by atoms with van der Waals surface area (Å²) < 4.78 is 9.28. The fourth-order valence-corrected chi connectivity index (χ4v) is 4.27. The van der Waals surface area contributed by atoms with Crippen molar-refractivity contribution in [3.05, 3.63) is 123 Å². The molecule has 35 heavy (non-hydrogen) atoms. The van der Waals surface area contributed by atoms with E-state index in [1.165, 1.54) is 11.5 Å².